The summed E-state index contributed by atoms with van der Waals surface area (Å²) < 4.78 is 2.78. The van der Waals surface area contributed by atoms with Crippen molar-refractivity contribution in [1.82, 2.24) is 4.73 Å². The molecule has 3 heteroatoms. The van der Waals surface area contributed by atoms with E-state index in [2.05, 4.69) is 34.6 Å². The third-order valence-corrected chi connectivity index (χ3v) is 2.57. The number of benzene rings is 1. The monoisotopic (exact) mass is 265 g/mol. The largest absolute Gasteiger partial charge is 0.417 e. The third kappa shape index (κ3) is 1.92. The maximum atomic E-state index is 5.35. The molecule has 0 atom stereocenters. The highest BCUT2D eigenvalue weighted by Gasteiger charge is 2.08. The molecule has 0 saturated heterocycles. The molecular weight excluding hydrogens is 254 g/mol. The summed E-state index contributed by atoms with van der Waals surface area (Å²) in [4.78, 5) is 5.35. The van der Waals surface area contributed by atoms with Crippen molar-refractivity contribution >= 4 is 26.8 Å². The topological polar surface area (TPSA) is 14.2 Å². The maximum absolute atomic E-state index is 5.35. The minimum absolute atomic E-state index is 0.766. The molecule has 2 rings (SSSR count). The van der Waals surface area contributed by atoms with Crippen molar-refractivity contribution in [3.05, 3.63) is 47.1 Å². The van der Waals surface area contributed by atoms with Crippen LogP contribution in [0.3, 0.4) is 0 Å². The fraction of sp³-hybridized carbons (Fsp3) is 0.167. The molecule has 1 aromatic heterocycles. The second kappa shape index (κ2) is 4.11. The molecule has 15 heavy (non-hydrogen) atoms. The summed E-state index contributed by atoms with van der Waals surface area (Å²) in [5, 5.41) is 1.18. The fourth-order valence-electron chi connectivity index (χ4n) is 1.72. The molecule has 0 unspecified atom stereocenters. The van der Waals surface area contributed by atoms with Crippen LogP contribution >= 0.6 is 15.9 Å². The molecular formula is C12H12BrNO. The van der Waals surface area contributed by atoms with E-state index in [0.717, 1.165) is 22.1 Å². The molecule has 1 aromatic carbocycles. The molecule has 0 aliphatic heterocycles. The first-order valence-electron chi connectivity index (χ1n) is 4.69. The molecule has 0 aliphatic carbocycles. The van der Waals surface area contributed by atoms with Gasteiger partial charge < -0.3 is 4.84 Å². The standard InChI is InChI=1S/C12H12BrNO/c1-9(13)7-11-8-10-5-3-4-6-12(10)14(11)15-2/h3-6,8H,1,7H2,2H3. The quantitative estimate of drug-likeness (QED) is 0.832. The maximum Gasteiger partial charge on any atom is 0.104 e. The Morgan fingerprint density at radius 2 is 2.20 bits per heavy atom. The Morgan fingerprint density at radius 3 is 2.87 bits per heavy atom. The predicted molar refractivity (Wildman–Crippen MR) is 66.2 cm³/mol. The van der Waals surface area contributed by atoms with Gasteiger partial charge in [-0.2, -0.15) is 4.73 Å². The Kier molecular flexibility index (Phi) is 2.82. The first-order chi connectivity index (χ1) is 7.22. The van der Waals surface area contributed by atoms with Gasteiger partial charge in [-0.1, -0.05) is 40.7 Å². The van der Waals surface area contributed by atoms with E-state index in [9.17, 15) is 0 Å². The Balaban J connectivity index is 2.58. The molecule has 0 aliphatic rings. The van der Waals surface area contributed by atoms with E-state index >= 15 is 0 Å². The van der Waals surface area contributed by atoms with Crippen molar-refractivity contribution in [3.8, 4) is 0 Å². The van der Waals surface area contributed by atoms with Crippen LogP contribution in [0.15, 0.2) is 41.4 Å². The Bertz CT molecular complexity index is 501. The minimum atomic E-state index is 0.766. The van der Waals surface area contributed by atoms with Crippen molar-refractivity contribution in [1.29, 1.82) is 0 Å². The van der Waals surface area contributed by atoms with Gasteiger partial charge in [0, 0.05) is 11.8 Å². The van der Waals surface area contributed by atoms with Gasteiger partial charge >= 0.3 is 0 Å². The van der Waals surface area contributed by atoms with Gasteiger partial charge in [0.2, 0.25) is 0 Å². The second-order valence-electron chi connectivity index (χ2n) is 3.37. The molecule has 0 amide bonds. The average Bonchev–Trinajstić information content (AvgIpc) is 2.53. The van der Waals surface area contributed by atoms with Crippen molar-refractivity contribution in [2.45, 2.75) is 6.42 Å². The lowest BCUT2D eigenvalue weighted by molar-refractivity contribution is 0.172. The highest BCUT2D eigenvalue weighted by molar-refractivity contribution is 9.11. The smallest absolute Gasteiger partial charge is 0.104 e. The third-order valence-electron chi connectivity index (χ3n) is 2.29. The first kappa shape index (κ1) is 10.3. The Hall–Kier alpha value is -1.22. The van der Waals surface area contributed by atoms with Gasteiger partial charge in [-0.05, 0) is 16.6 Å². The summed E-state index contributed by atoms with van der Waals surface area (Å²) in [5.41, 5.74) is 2.18. The van der Waals surface area contributed by atoms with Crippen LogP contribution in [0, 0.1) is 0 Å². The summed E-state index contributed by atoms with van der Waals surface area (Å²) in [6, 6.07) is 10.3. The highest BCUT2D eigenvalue weighted by atomic mass is 79.9. The van der Waals surface area contributed by atoms with Gasteiger partial charge in [0.05, 0.1) is 11.2 Å². The molecule has 0 saturated carbocycles. The average molecular weight is 266 g/mol. The Labute approximate surface area is 97.2 Å². The summed E-state index contributed by atoms with van der Waals surface area (Å²) >= 11 is 3.37. The summed E-state index contributed by atoms with van der Waals surface area (Å²) in [6.45, 7) is 3.84. The summed E-state index contributed by atoms with van der Waals surface area (Å²) in [6.07, 6.45) is 0.766. The van der Waals surface area contributed by atoms with Gasteiger partial charge in [0.25, 0.3) is 0 Å². The second-order valence-corrected chi connectivity index (χ2v) is 4.49. The SMILES string of the molecule is C=C(Br)Cc1cc2ccccc2n1OC. The lowest BCUT2D eigenvalue weighted by atomic mass is 10.2. The number of allylic oxidation sites excluding steroid dienone is 1. The van der Waals surface area contributed by atoms with Crippen molar-refractivity contribution in [2.75, 3.05) is 7.11 Å². The number of para-hydroxylation sites is 1. The van der Waals surface area contributed by atoms with Crippen LogP contribution in [-0.2, 0) is 6.42 Å². The zero-order valence-electron chi connectivity index (χ0n) is 8.53. The van der Waals surface area contributed by atoms with Gasteiger partial charge in [-0.15, -0.1) is 0 Å². The molecule has 1 heterocycles. The number of fused-ring (bicyclic) bond motifs is 1. The van der Waals surface area contributed by atoms with Crippen LogP contribution in [0.2, 0.25) is 0 Å². The van der Waals surface area contributed by atoms with E-state index in [1.165, 1.54) is 5.39 Å². The van der Waals surface area contributed by atoms with Gasteiger partial charge in [0.15, 0.2) is 0 Å². The summed E-state index contributed by atoms with van der Waals surface area (Å²) in [7, 11) is 1.67. The number of aromatic nitrogens is 1. The number of halogens is 1. The first-order valence-corrected chi connectivity index (χ1v) is 5.49. The van der Waals surface area contributed by atoms with Gasteiger partial charge in [-0.3, -0.25) is 0 Å². The van der Waals surface area contributed by atoms with E-state index in [-0.39, 0.29) is 0 Å². The zero-order valence-corrected chi connectivity index (χ0v) is 10.1. The molecule has 0 bridgehead atoms. The van der Waals surface area contributed by atoms with Crippen LogP contribution in [0.25, 0.3) is 10.9 Å². The Morgan fingerprint density at radius 1 is 1.47 bits per heavy atom. The number of rotatable bonds is 3. The van der Waals surface area contributed by atoms with Crippen LogP contribution < -0.4 is 4.84 Å². The number of nitrogens with zero attached hydrogens (tertiary/aromatic N) is 1. The van der Waals surface area contributed by atoms with Crippen LogP contribution in [0.5, 0.6) is 0 Å². The van der Waals surface area contributed by atoms with Crippen molar-refractivity contribution in [2.24, 2.45) is 0 Å². The van der Waals surface area contributed by atoms with E-state index in [4.69, 9.17) is 4.84 Å². The molecule has 0 fully saturated rings. The minimum Gasteiger partial charge on any atom is -0.417 e. The molecule has 2 aromatic rings. The van der Waals surface area contributed by atoms with Crippen molar-refractivity contribution < 1.29 is 4.84 Å². The van der Waals surface area contributed by atoms with Crippen molar-refractivity contribution in [3.63, 3.8) is 0 Å². The zero-order chi connectivity index (χ0) is 10.8. The molecule has 0 N–H and O–H groups in total. The lowest BCUT2D eigenvalue weighted by Crippen LogP contribution is -2.09. The normalized spacial score (nSPS) is 10.5. The van der Waals surface area contributed by atoms with Gasteiger partial charge in [-0.25, -0.2) is 0 Å². The predicted octanol–water partition coefficient (Wildman–Crippen LogP) is 3.15. The number of hydrogen-bond donors (Lipinski definition) is 0. The van der Waals surface area contributed by atoms with E-state index in [0.29, 0.717) is 0 Å². The van der Waals surface area contributed by atoms with Crippen LogP contribution in [0.1, 0.15) is 5.69 Å². The highest BCUT2D eigenvalue weighted by Crippen LogP contribution is 2.21. The van der Waals surface area contributed by atoms with E-state index < -0.39 is 0 Å². The molecule has 0 spiro atoms. The van der Waals surface area contributed by atoms with Gasteiger partial charge in [0.1, 0.15) is 7.11 Å². The van der Waals surface area contributed by atoms with E-state index in [1.54, 1.807) is 7.11 Å². The van der Waals surface area contributed by atoms with Crippen LogP contribution in [0.4, 0.5) is 0 Å². The van der Waals surface area contributed by atoms with E-state index in [1.807, 2.05) is 22.9 Å². The molecule has 78 valence electrons. The summed E-state index contributed by atoms with van der Waals surface area (Å²) in [5.74, 6) is 0. The lowest BCUT2D eigenvalue weighted by Gasteiger charge is -2.07. The van der Waals surface area contributed by atoms with Crippen LogP contribution in [-0.4, -0.2) is 11.8 Å². The molecule has 0 radical (unpaired) electrons. The fourth-order valence-corrected chi connectivity index (χ4v) is 2.01. The molecule has 2 nitrogen and oxygen atoms in total. The number of hydrogen-bond acceptors (Lipinski definition) is 1.